The number of amides is 1. The van der Waals surface area contributed by atoms with Crippen molar-refractivity contribution in [2.75, 3.05) is 37.7 Å². The highest BCUT2D eigenvalue weighted by Gasteiger charge is 2.30. The van der Waals surface area contributed by atoms with E-state index in [4.69, 9.17) is 0 Å². The van der Waals surface area contributed by atoms with Crippen molar-refractivity contribution < 1.29 is 4.79 Å². The fraction of sp³-hybridized carbons (Fsp3) is 0.938. The summed E-state index contributed by atoms with van der Waals surface area (Å²) >= 11 is 2.03. The molecule has 1 amide bonds. The molecule has 1 atom stereocenters. The van der Waals surface area contributed by atoms with Gasteiger partial charge in [0.15, 0.2) is 0 Å². The lowest BCUT2D eigenvalue weighted by atomic mass is 9.91. The minimum Gasteiger partial charge on any atom is -0.338 e. The Morgan fingerprint density at radius 2 is 1.85 bits per heavy atom. The van der Waals surface area contributed by atoms with Gasteiger partial charge in [-0.3, -0.25) is 4.79 Å². The van der Waals surface area contributed by atoms with Crippen LogP contribution >= 0.6 is 11.8 Å². The second-order valence-electron chi connectivity index (χ2n) is 7.41. The first-order chi connectivity index (χ1) is 9.46. The Balaban J connectivity index is 1.98. The Bertz CT molecular complexity index is 321. The zero-order chi connectivity index (χ0) is 14.6. The van der Waals surface area contributed by atoms with Crippen LogP contribution in [0.5, 0.6) is 0 Å². The third-order valence-corrected chi connectivity index (χ3v) is 5.31. The molecule has 0 bridgehead atoms. The third kappa shape index (κ3) is 4.96. The smallest absolute Gasteiger partial charge is 0.223 e. The van der Waals surface area contributed by atoms with Gasteiger partial charge in [0.25, 0.3) is 0 Å². The molecule has 0 N–H and O–H groups in total. The average Bonchev–Trinajstić information content (AvgIpc) is 2.72. The van der Waals surface area contributed by atoms with E-state index in [2.05, 4.69) is 30.6 Å². The van der Waals surface area contributed by atoms with Crippen molar-refractivity contribution in [2.24, 2.45) is 5.41 Å². The molecule has 0 aliphatic carbocycles. The van der Waals surface area contributed by atoms with Gasteiger partial charge in [0.05, 0.1) is 6.04 Å². The zero-order valence-electron chi connectivity index (χ0n) is 13.4. The topological polar surface area (TPSA) is 23.6 Å². The quantitative estimate of drug-likeness (QED) is 0.800. The molecule has 2 heterocycles. The zero-order valence-corrected chi connectivity index (χ0v) is 14.2. The summed E-state index contributed by atoms with van der Waals surface area (Å²) in [5, 5.41) is 0. The highest BCUT2D eigenvalue weighted by atomic mass is 32.2. The summed E-state index contributed by atoms with van der Waals surface area (Å²) in [7, 11) is 0. The molecule has 20 heavy (non-hydrogen) atoms. The van der Waals surface area contributed by atoms with Crippen LogP contribution in [0.25, 0.3) is 0 Å². The van der Waals surface area contributed by atoms with Crippen molar-refractivity contribution in [2.45, 2.75) is 52.5 Å². The van der Waals surface area contributed by atoms with Gasteiger partial charge in [-0.2, -0.15) is 11.8 Å². The van der Waals surface area contributed by atoms with E-state index in [1.807, 2.05) is 11.8 Å². The highest BCUT2D eigenvalue weighted by Crippen LogP contribution is 2.24. The molecule has 2 rings (SSSR count). The first-order valence-electron chi connectivity index (χ1n) is 8.05. The van der Waals surface area contributed by atoms with Crippen molar-refractivity contribution in [1.82, 2.24) is 9.80 Å². The van der Waals surface area contributed by atoms with Gasteiger partial charge in [0.1, 0.15) is 0 Å². The average molecular weight is 298 g/mol. The SMILES string of the molecule is CC(C)(C)CC(=O)N1CCCSC[C@H]1CN1CCCC1. The molecule has 2 aliphatic rings. The molecule has 116 valence electrons. The lowest BCUT2D eigenvalue weighted by molar-refractivity contribution is -0.135. The summed E-state index contributed by atoms with van der Waals surface area (Å²) in [4.78, 5) is 17.4. The Kier molecular flexibility index (Phi) is 5.79. The van der Waals surface area contributed by atoms with Crippen LogP contribution in [0.3, 0.4) is 0 Å². The van der Waals surface area contributed by atoms with E-state index >= 15 is 0 Å². The van der Waals surface area contributed by atoms with Crippen LogP contribution in [0, 0.1) is 5.41 Å². The van der Waals surface area contributed by atoms with Crippen LogP contribution in [0.4, 0.5) is 0 Å². The molecule has 0 saturated carbocycles. The fourth-order valence-electron chi connectivity index (χ4n) is 3.13. The van der Waals surface area contributed by atoms with Gasteiger partial charge in [0, 0.05) is 25.3 Å². The Hall–Kier alpha value is -0.220. The summed E-state index contributed by atoms with van der Waals surface area (Å²) < 4.78 is 0. The molecular formula is C16H30N2OS. The molecular weight excluding hydrogens is 268 g/mol. The molecule has 2 fully saturated rings. The molecule has 0 aromatic heterocycles. The van der Waals surface area contributed by atoms with Crippen molar-refractivity contribution in [3.8, 4) is 0 Å². The maximum Gasteiger partial charge on any atom is 0.223 e. The van der Waals surface area contributed by atoms with Crippen LogP contribution in [0.1, 0.15) is 46.5 Å². The molecule has 0 aromatic carbocycles. The van der Waals surface area contributed by atoms with Gasteiger partial charge in [-0.25, -0.2) is 0 Å². The molecule has 0 aromatic rings. The second-order valence-corrected chi connectivity index (χ2v) is 8.56. The minimum absolute atomic E-state index is 0.0920. The van der Waals surface area contributed by atoms with Crippen LogP contribution < -0.4 is 0 Å². The maximum atomic E-state index is 12.6. The van der Waals surface area contributed by atoms with E-state index in [9.17, 15) is 4.79 Å². The Morgan fingerprint density at radius 1 is 1.15 bits per heavy atom. The van der Waals surface area contributed by atoms with Crippen molar-refractivity contribution in [1.29, 1.82) is 0 Å². The Morgan fingerprint density at radius 3 is 2.50 bits per heavy atom. The number of likely N-dealkylation sites (tertiary alicyclic amines) is 1. The van der Waals surface area contributed by atoms with E-state index in [1.165, 1.54) is 31.7 Å². The summed E-state index contributed by atoms with van der Waals surface area (Å²) in [6, 6.07) is 0.426. The normalized spacial score (nSPS) is 25.8. The first-order valence-corrected chi connectivity index (χ1v) is 9.21. The van der Waals surface area contributed by atoms with Gasteiger partial charge in [-0.05, 0) is 43.5 Å². The number of nitrogens with zero attached hydrogens (tertiary/aromatic N) is 2. The number of carbonyl (C=O) groups excluding carboxylic acids is 1. The fourth-order valence-corrected chi connectivity index (χ4v) is 4.18. The van der Waals surface area contributed by atoms with E-state index in [0.717, 1.165) is 25.3 Å². The largest absolute Gasteiger partial charge is 0.338 e. The summed E-state index contributed by atoms with van der Waals surface area (Å²) in [6.45, 7) is 11.0. The number of carbonyl (C=O) groups is 1. The maximum absolute atomic E-state index is 12.6. The second kappa shape index (κ2) is 7.17. The van der Waals surface area contributed by atoms with Crippen molar-refractivity contribution in [3.63, 3.8) is 0 Å². The summed E-state index contributed by atoms with van der Waals surface area (Å²) in [6.07, 6.45) is 4.48. The molecule has 3 nitrogen and oxygen atoms in total. The number of rotatable bonds is 3. The van der Waals surface area contributed by atoms with Gasteiger partial charge in [0.2, 0.25) is 5.91 Å². The molecule has 0 radical (unpaired) electrons. The van der Waals surface area contributed by atoms with Gasteiger partial charge in [-0.1, -0.05) is 20.8 Å². The van der Waals surface area contributed by atoms with E-state index < -0.39 is 0 Å². The first kappa shape index (κ1) is 16.2. The monoisotopic (exact) mass is 298 g/mol. The molecule has 2 saturated heterocycles. The third-order valence-electron chi connectivity index (χ3n) is 4.11. The lowest BCUT2D eigenvalue weighted by Crippen LogP contribution is -2.48. The number of thioether (sulfide) groups is 1. The van der Waals surface area contributed by atoms with Crippen LogP contribution in [-0.4, -0.2) is 59.4 Å². The van der Waals surface area contributed by atoms with Gasteiger partial charge < -0.3 is 9.80 Å². The summed E-state index contributed by atoms with van der Waals surface area (Å²) in [5.41, 5.74) is 0.0920. The number of hydrogen-bond donors (Lipinski definition) is 0. The van der Waals surface area contributed by atoms with E-state index in [-0.39, 0.29) is 5.41 Å². The van der Waals surface area contributed by atoms with Gasteiger partial charge >= 0.3 is 0 Å². The minimum atomic E-state index is 0.0920. The summed E-state index contributed by atoms with van der Waals surface area (Å²) in [5.74, 6) is 2.69. The Labute approximate surface area is 128 Å². The van der Waals surface area contributed by atoms with Crippen LogP contribution in [0.2, 0.25) is 0 Å². The molecule has 0 spiro atoms. The van der Waals surface area contributed by atoms with Crippen LogP contribution in [-0.2, 0) is 4.79 Å². The molecule has 0 unspecified atom stereocenters. The predicted molar refractivity (Wildman–Crippen MR) is 87.2 cm³/mol. The number of hydrogen-bond acceptors (Lipinski definition) is 3. The van der Waals surface area contributed by atoms with Crippen molar-refractivity contribution in [3.05, 3.63) is 0 Å². The predicted octanol–water partition coefficient (Wildman–Crippen LogP) is 2.85. The van der Waals surface area contributed by atoms with Crippen LogP contribution in [0.15, 0.2) is 0 Å². The standard InChI is InChI=1S/C16H30N2OS/c1-16(2,3)11-15(19)18-9-6-10-20-13-14(18)12-17-7-4-5-8-17/h14H,4-13H2,1-3H3/t14-/m1/s1. The van der Waals surface area contributed by atoms with Crippen molar-refractivity contribution >= 4 is 17.7 Å². The van der Waals surface area contributed by atoms with E-state index in [1.54, 1.807) is 0 Å². The van der Waals surface area contributed by atoms with E-state index in [0.29, 0.717) is 18.4 Å². The van der Waals surface area contributed by atoms with Gasteiger partial charge in [-0.15, -0.1) is 0 Å². The highest BCUT2D eigenvalue weighted by molar-refractivity contribution is 7.99. The molecule has 2 aliphatic heterocycles. The lowest BCUT2D eigenvalue weighted by Gasteiger charge is -2.34. The molecule has 4 heteroatoms.